The van der Waals surface area contributed by atoms with Crippen molar-refractivity contribution in [2.75, 3.05) is 6.61 Å². The molecular formula is C22H38O5Si. The summed E-state index contributed by atoms with van der Waals surface area (Å²) in [5.74, 6) is -0.106. The lowest BCUT2D eigenvalue weighted by atomic mass is 9.93. The molecule has 2 N–H and O–H groups in total. The normalized spacial score (nSPS) is 16.4. The van der Waals surface area contributed by atoms with Gasteiger partial charge in [0.1, 0.15) is 5.75 Å². The van der Waals surface area contributed by atoms with Gasteiger partial charge in [0.2, 0.25) is 0 Å². The highest BCUT2D eigenvalue weighted by molar-refractivity contribution is 6.74. The Morgan fingerprint density at radius 3 is 1.96 bits per heavy atom. The molecule has 5 nitrogen and oxygen atoms in total. The van der Waals surface area contributed by atoms with Gasteiger partial charge in [0.15, 0.2) is 8.32 Å². The van der Waals surface area contributed by atoms with Crippen LogP contribution < -0.4 is 4.74 Å². The van der Waals surface area contributed by atoms with E-state index in [1.54, 1.807) is 12.1 Å². The molecule has 0 spiro atoms. The first-order valence-corrected chi connectivity index (χ1v) is 12.8. The molecule has 0 aliphatic heterocycles. The Morgan fingerprint density at radius 2 is 1.57 bits per heavy atom. The molecular weight excluding hydrogens is 372 g/mol. The van der Waals surface area contributed by atoms with E-state index >= 15 is 0 Å². The van der Waals surface area contributed by atoms with Crippen LogP contribution in [0.3, 0.4) is 0 Å². The fourth-order valence-corrected chi connectivity index (χ4v) is 3.67. The molecule has 0 heterocycles. The standard InChI is InChI=1S/C22H38O5Si/c1-15(18(24)14-23)19(27-28(8,9)22(5,6)7)16-10-12-17(13-11-16)26-20(25)21(2,3)4/h10-13,15,18-19,23-24H,14H2,1-9H3/t15-,18-,19-/m0/s1. The van der Waals surface area contributed by atoms with Crippen molar-refractivity contribution in [1.82, 2.24) is 0 Å². The van der Waals surface area contributed by atoms with Crippen molar-refractivity contribution in [3.05, 3.63) is 29.8 Å². The van der Waals surface area contributed by atoms with E-state index in [-0.39, 0.29) is 29.6 Å². The first-order chi connectivity index (χ1) is 12.6. The van der Waals surface area contributed by atoms with Gasteiger partial charge in [-0.2, -0.15) is 0 Å². The van der Waals surface area contributed by atoms with Crippen molar-refractivity contribution in [2.45, 2.75) is 78.8 Å². The summed E-state index contributed by atoms with van der Waals surface area (Å²) in [5, 5.41) is 19.7. The minimum atomic E-state index is -2.11. The smallest absolute Gasteiger partial charge is 0.316 e. The van der Waals surface area contributed by atoms with Gasteiger partial charge >= 0.3 is 5.97 Å². The third-order valence-corrected chi connectivity index (χ3v) is 9.99. The minimum Gasteiger partial charge on any atom is -0.426 e. The number of hydrogen-bond acceptors (Lipinski definition) is 5. The Kier molecular flexibility index (Phi) is 8.04. The van der Waals surface area contributed by atoms with Gasteiger partial charge in [-0.25, -0.2) is 0 Å². The summed E-state index contributed by atoms with van der Waals surface area (Å²) in [7, 11) is -2.11. The summed E-state index contributed by atoms with van der Waals surface area (Å²) >= 11 is 0. The number of carbonyl (C=O) groups excluding carboxylic acids is 1. The van der Waals surface area contributed by atoms with Crippen LogP contribution in [0.2, 0.25) is 18.1 Å². The maximum Gasteiger partial charge on any atom is 0.316 e. The average Bonchev–Trinajstić information content (AvgIpc) is 2.57. The van der Waals surface area contributed by atoms with Crippen molar-refractivity contribution in [2.24, 2.45) is 11.3 Å². The maximum absolute atomic E-state index is 12.1. The number of aliphatic hydroxyl groups is 2. The molecule has 1 rings (SSSR count). The van der Waals surface area contributed by atoms with Gasteiger partial charge in [-0.15, -0.1) is 0 Å². The zero-order chi connectivity index (χ0) is 21.9. The molecule has 28 heavy (non-hydrogen) atoms. The van der Waals surface area contributed by atoms with Crippen LogP contribution in [-0.4, -0.2) is 37.2 Å². The quantitative estimate of drug-likeness (QED) is 0.387. The van der Waals surface area contributed by atoms with Gasteiger partial charge in [-0.3, -0.25) is 4.79 Å². The molecule has 0 aromatic heterocycles. The molecule has 0 aliphatic carbocycles. The second-order valence-corrected chi connectivity index (χ2v) is 14.9. The first kappa shape index (κ1) is 24.8. The molecule has 1 aromatic rings. The fourth-order valence-electron chi connectivity index (χ4n) is 2.33. The molecule has 0 saturated carbocycles. The van der Waals surface area contributed by atoms with Gasteiger partial charge in [0.05, 0.1) is 24.2 Å². The van der Waals surface area contributed by atoms with Crippen molar-refractivity contribution in [1.29, 1.82) is 0 Å². The van der Waals surface area contributed by atoms with Crippen LogP contribution >= 0.6 is 0 Å². The van der Waals surface area contributed by atoms with Crippen LogP contribution in [0.25, 0.3) is 0 Å². The van der Waals surface area contributed by atoms with E-state index in [0.29, 0.717) is 5.75 Å². The molecule has 0 radical (unpaired) electrons. The van der Waals surface area contributed by atoms with E-state index in [1.165, 1.54) is 0 Å². The number of benzene rings is 1. The lowest BCUT2D eigenvalue weighted by Gasteiger charge is -2.41. The largest absolute Gasteiger partial charge is 0.426 e. The molecule has 160 valence electrons. The number of esters is 1. The van der Waals surface area contributed by atoms with E-state index in [9.17, 15) is 15.0 Å². The lowest BCUT2D eigenvalue weighted by Crippen LogP contribution is -2.44. The predicted molar refractivity (Wildman–Crippen MR) is 115 cm³/mol. The number of aliphatic hydroxyl groups excluding tert-OH is 2. The van der Waals surface area contributed by atoms with Gasteiger partial charge in [-0.05, 0) is 56.6 Å². The minimum absolute atomic E-state index is 0.0112. The molecule has 0 unspecified atom stereocenters. The molecule has 3 atom stereocenters. The van der Waals surface area contributed by atoms with E-state index < -0.39 is 19.8 Å². The van der Waals surface area contributed by atoms with E-state index in [1.807, 2.05) is 39.8 Å². The lowest BCUT2D eigenvalue weighted by molar-refractivity contribution is -0.143. The molecule has 0 saturated heterocycles. The third-order valence-electron chi connectivity index (χ3n) is 5.53. The number of rotatable bonds is 7. The Bertz CT molecular complexity index is 640. The van der Waals surface area contributed by atoms with Crippen LogP contribution in [0.5, 0.6) is 5.75 Å². The summed E-state index contributed by atoms with van der Waals surface area (Å²) in [6.45, 7) is 17.8. The summed E-state index contributed by atoms with van der Waals surface area (Å²) in [5.41, 5.74) is 0.312. The summed E-state index contributed by atoms with van der Waals surface area (Å²) < 4.78 is 12.0. The van der Waals surface area contributed by atoms with E-state index in [0.717, 1.165) is 5.56 Å². The Morgan fingerprint density at radius 1 is 1.07 bits per heavy atom. The maximum atomic E-state index is 12.1. The van der Waals surface area contributed by atoms with Gasteiger partial charge in [0.25, 0.3) is 0 Å². The Labute approximate surface area is 171 Å². The van der Waals surface area contributed by atoms with Crippen LogP contribution in [0.1, 0.15) is 60.1 Å². The second-order valence-electron chi connectivity index (χ2n) is 10.1. The fraction of sp³-hybridized carbons (Fsp3) is 0.682. The molecule has 0 aliphatic rings. The second kappa shape index (κ2) is 9.07. The topological polar surface area (TPSA) is 76.0 Å². The highest BCUT2D eigenvalue weighted by Gasteiger charge is 2.41. The van der Waals surface area contributed by atoms with Crippen molar-refractivity contribution in [3.8, 4) is 5.75 Å². The van der Waals surface area contributed by atoms with Gasteiger partial charge in [-0.1, -0.05) is 39.8 Å². The number of ether oxygens (including phenoxy) is 1. The zero-order valence-corrected chi connectivity index (χ0v) is 19.9. The molecule has 0 amide bonds. The summed E-state index contributed by atoms with van der Waals surface area (Å²) in [6.07, 6.45) is -1.25. The Balaban J connectivity index is 3.16. The van der Waals surface area contributed by atoms with Crippen molar-refractivity contribution < 1.29 is 24.2 Å². The highest BCUT2D eigenvalue weighted by Crippen LogP contribution is 2.42. The van der Waals surface area contributed by atoms with Crippen LogP contribution in [0, 0.1) is 11.3 Å². The average molecular weight is 411 g/mol. The van der Waals surface area contributed by atoms with Gasteiger partial charge < -0.3 is 19.4 Å². The molecule has 1 aromatic carbocycles. The molecule has 6 heteroatoms. The van der Waals surface area contributed by atoms with Crippen molar-refractivity contribution >= 4 is 14.3 Å². The summed E-state index contributed by atoms with van der Waals surface area (Å²) in [6, 6.07) is 7.23. The van der Waals surface area contributed by atoms with Crippen LogP contribution in [0.4, 0.5) is 0 Å². The number of carbonyl (C=O) groups is 1. The Hall–Kier alpha value is -1.21. The number of hydrogen-bond donors (Lipinski definition) is 2. The molecule has 0 fully saturated rings. The van der Waals surface area contributed by atoms with Crippen molar-refractivity contribution in [3.63, 3.8) is 0 Å². The predicted octanol–water partition coefficient (Wildman–Crippen LogP) is 4.69. The monoisotopic (exact) mass is 410 g/mol. The van der Waals surface area contributed by atoms with E-state index in [2.05, 4.69) is 33.9 Å². The first-order valence-electron chi connectivity index (χ1n) is 9.89. The van der Waals surface area contributed by atoms with Gasteiger partial charge in [0, 0.05) is 5.92 Å². The zero-order valence-electron chi connectivity index (χ0n) is 18.9. The summed E-state index contributed by atoms with van der Waals surface area (Å²) in [4.78, 5) is 12.1. The highest BCUT2D eigenvalue weighted by atomic mass is 28.4. The third kappa shape index (κ3) is 6.41. The SMILES string of the molecule is C[C@H]([C@H](O[Si](C)(C)C(C)(C)C)c1ccc(OC(=O)C(C)(C)C)cc1)[C@@H](O)CO. The van der Waals surface area contributed by atoms with E-state index in [4.69, 9.17) is 9.16 Å². The van der Waals surface area contributed by atoms with Crippen LogP contribution in [-0.2, 0) is 9.22 Å². The van der Waals surface area contributed by atoms with Crippen LogP contribution in [0.15, 0.2) is 24.3 Å². The molecule has 0 bridgehead atoms.